The van der Waals surface area contributed by atoms with E-state index in [0.717, 1.165) is 10.6 Å². The minimum Gasteiger partial charge on any atom is -0.494 e. The van der Waals surface area contributed by atoms with E-state index in [1.807, 2.05) is 13.8 Å². The molecule has 0 aliphatic carbocycles. The van der Waals surface area contributed by atoms with E-state index < -0.39 is 15.8 Å². The molecule has 7 nitrogen and oxygen atoms in total. The second-order valence-corrected chi connectivity index (χ2v) is 8.74. The molecule has 1 atom stereocenters. The summed E-state index contributed by atoms with van der Waals surface area (Å²) in [5.74, 6) is -0.308. The van der Waals surface area contributed by atoms with Gasteiger partial charge in [0.2, 0.25) is 10.0 Å². The zero-order chi connectivity index (χ0) is 22.3. The molecule has 1 N–H and O–H groups in total. The number of methoxy groups -OCH3 is 1. The fourth-order valence-electron chi connectivity index (χ4n) is 2.90. The van der Waals surface area contributed by atoms with Crippen LogP contribution < -0.4 is 14.4 Å². The number of rotatable bonds is 10. The van der Waals surface area contributed by atoms with Gasteiger partial charge in [0.1, 0.15) is 11.6 Å². The molecule has 2 rings (SSSR count). The number of amides is 1. The lowest BCUT2D eigenvalue weighted by Crippen LogP contribution is -2.35. The zero-order valence-corrected chi connectivity index (χ0v) is 18.3. The molecule has 1 amide bonds. The molecule has 2 aromatic carbocycles. The van der Waals surface area contributed by atoms with Crippen molar-refractivity contribution in [2.75, 3.05) is 30.9 Å². The molecule has 0 bridgehead atoms. The first kappa shape index (κ1) is 23.6. The molecular formula is C21H27FN2O5S. The number of ether oxygens (including phenoxy) is 2. The Hall–Kier alpha value is -2.65. The topological polar surface area (TPSA) is 84.9 Å². The van der Waals surface area contributed by atoms with Crippen LogP contribution in [0.4, 0.5) is 10.1 Å². The largest absolute Gasteiger partial charge is 0.494 e. The number of sulfonamides is 1. The fourth-order valence-corrected chi connectivity index (χ4v) is 3.78. The van der Waals surface area contributed by atoms with E-state index in [1.54, 1.807) is 25.3 Å². The van der Waals surface area contributed by atoms with Gasteiger partial charge in [-0.2, -0.15) is 0 Å². The van der Waals surface area contributed by atoms with Crippen LogP contribution in [-0.4, -0.2) is 46.9 Å². The second-order valence-electron chi connectivity index (χ2n) is 6.83. The van der Waals surface area contributed by atoms with Crippen molar-refractivity contribution in [2.45, 2.75) is 26.4 Å². The average Bonchev–Trinajstić information content (AvgIpc) is 2.67. The molecule has 0 unspecified atom stereocenters. The molecule has 0 heterocycles. The van der Waals surface area contributed by atoms with Gasteiger partial charge in [-0.1, -0.05) is 0 Å². The zero-order valence-electron chi connectivity index (χ0n) is 17.5. The summed E-state index contributed by atoms with van der Waals surface area (Å²) in [6.45, 7) is 4.29. The Morgan fingerprint density at radius 3 is 2.43 bits per heavy atom. The van der Waals surface area contributed by atoms with E-state index in [9.17, 15) is 17.6 Å². The lowest BCUT2D eigenvalue weighted by molar-refractivity contribution is 0.0905. The van der Waals surface area contributed by atoms with Crippen LogP contribution in [0.25, 0.3) is 0 Å². The van der Waals surface area contributed by atoms with Crippen LogP contribution in [0.5, 0.6) is 5.75 Å². The highest BCUT2D eigenvalue weighted by Gasteiger charge is 2.21. The van der Waals surface area contributed by atoms with Gasteiger partial charge in [0, 0.05) is 24.3 Å². The van der Waals surface area contributed by atoms with Gasteiger partial charge in [-0.15, -0.1) is 0 Å². The van der Waals surface area contributed by atoms with Crippen molar-refractivity contribution < 1.29 is 27.1 Å². The predicted molar refractivity (Wildman–Crippen MR) is 114 cm³/mol. The Kier molecular flexibility index (Phi) is 8.19. The molecule has 9 heteroatoms. The molecule has 0 saturated carbocycles. The highest BCUT2D eigenvalue weighted by Crippen LogP contribution is 2.27. The third-order valence-corrected chi connectivity index (χ3v) is 5.39. The molecule has 0 aliphatic rings. The number of hydrogen-bond donors (Lipinski definition) is 1. The maximum Gasteiger partial charge on any atom is 0.251 e. The van der Waals surface area contributed by atoms with Gasteiger partial charge < -0.3 is 14.8 Å². The molecule has 30 heavy (non-hydrogen) atoms. The van der Waals surface area contributed by atoms with Crippen LogP contribution >= 0.6 is 0 Å². The van der Waals surface area contributed by atoms with Gasteiger partial charge in [0.15, 0.2) is 0 Å². The smallest absolute Gasteiger partial charge is 0.251 e. The van der Waals surface area contributed by atoms with E-state index in [2.05, 4.69) is 5.32 Å². The molecule has 0 fully saturated rings. The van der Waals surface area contributed by atoms with Crippen molar-refractivity contribution in [1.29, 1.82) is 0 Å². The van der Waals surface area contributed by atoms with Gasteiger partial charge in [-0.25, -0.2) is 12.8 Å². The summed E-state index contributed by atoms with van der Waals surface area (Å²) in [6, 6.07) is 9.83. The normalized spacial score (nSPS) is 12.3. The summed E-state index contributed by atoms with van der Waals surface area (Å²) in [4.78, 5) is 12.6. The molecule has 2 aromatic rings. The maximum atomic E-state index is 13.3. The number of hydrogen-bond acceptors (Lipinski definition) is 5. The van der Waals surface area contributed by atoms with E-state index in [1.165, 1.54) is 24.3 Å². The third kappa shape index (κ3) is 6.43. The Labute approximate surface area is 176 Å². The predicted octanol–water partition coefficient (Wildman–Crippen LogP) is 2.96. The van der Waals surface area contributed by atoms with Crippen LogP contribution in [0.1, 0.15) is 29.8 Å². The average molecular weight is 439 g/mol. The summed E-state index contributed by atoms with van der Waals surface area (Å²) < 4.78 is 49.9. The molecule has 0 spiro atoms. The number of nitrogens with one attached hydrogen (secondary N) is 1. The first-order chi connectivity index (χ1) is 14.2. The Morgan fingerprint density at radius 2 is 1.87 bits per heavy atom. The van der Waals surface area contributed by atoms with Gasteiger partial charge in [-0.05, 0) is 56.3 Å². The minimum absolute atomic E-state index is 0.0749. The summed E-state index contributed by atoms with van der Waals surface area (Å²) in [5, 5.41) is 2.82. The first-order valence-electron chi connectivity index (χ1n) is 9.44. The molecule has 164 valence electrons. The molecule has 0 aliphatic heterocycles. The number of anilines is 1. The first-order valence-corrected chi connectivity index (χ1v) is 11.3. The molecule has 0 radical (unpaired) electrons. The Balaban J connectivity index is 2.40. The van der Waals surface area contributed by atoms with Gasteiger partial charge in [0.25, 0.3) is 5.91 Å². The van der Waals surface area contributed by atoms with Gasteiger partial charge in [-0.3, -0.25) is 9.10 Å². The van der Waals surface area contributed by atoms with Crippen molar-refractivity contribution in [1.82, 2.24) is 5.32 Å². The van der Waals surface area contributed by atoms with Crippen molar-refractivity contribution in [3.63, 3.8) is 0 Å². The third-order valence-electron chi connectivity index (χ3n) is 4.25. The van der Waals surface area contributed by atoms with Crippen LogP contribution in [0.3, 0.4) is 0 Å². The monoisotopic (exact) mass is 438 g/mol. The van der Waals surface area contributed by atoms with Crippen molar-refractivity contribution in [3.05, 3.63) is 59.4 Å². The number of carbonyl (C=O) groups excluding carboxylic acids is 1. The summed E-state index contributed by atoms with van der Waals surface area (Å²) in [5.41, 5.74) is 1.19. The van der Waals surface area contributed by atoms with E-state index in [0.29, 0.717) is 35.8 Å². The standard InChI is InChI=1S/C21H27FN2O5S/c1-5-29-20-11-6-16(21(25)23-15(2)14-28-3)12-17(20)13-24(30(4,26)27)19-9-7-18(22)8-10-19/h6-12,15H,5,13-14H2,1-4H3,(H,23,25)/t15-/m1/s1. The lowest BCUT2D eigenvalue weighted by atomic mass is 10.1. The van der Waals surface area contributed by atoms with Crippen molar-refractivity contribution in [3.8, 4) is 5.75 Å². The maximum absolute atomic E-state index is 13.3. The highest BCUT2D eigenvalue weighted by atomic mass is 32.2. The van der Waals surface area contributed by atoms with E-state index in [-0.39, 0.29) is 18.5 Å². The molecular weight excluding hydrogens is 411 g/mol. The summed E-state index contributed by atoms with van der Waals surface area (Å²) in [7, 11) is -2.13. The van der Waals surface area contributed by atoms with Crippen LogP contribution in [-0.2, 0) is 21.3 Å². The Morgan fingerprint density at radius 1 is 1.20 bits per heavy atom. The molecule has 0 saturated heterocycles. The van der Waals surface area contributed by atoms with Gasteiger partial charge in [0.05, 0.1) is 31.7 Å². The number of halogens is 1. The summed E-state index contributed by atoms with van der Waals surface area (Å²) in [6.07, 6.45) is 1.07. The van der Waals surface area contributed by atoms with Crippen LogP contribution in [0.2, 0.25) is 0 Å². The van der Waals surface area contributed by atoms with Gasteiger partial charge >= 0.3 is 0 Å². The minimum atomic E-state index is -3.68. The second kappa shape index (κ2) is 10.4. The van der Waals surface area contributed by atoms with E-state index in [4.69, 9.17) is 9.47 Å². The molecule has 0 aromatic heterocycles. The van der Waals surface area contributed by atoms with Crippen molar-refractivity contribution in [2.24, 2.45) is 0 Å². The van der Waals surface area contributed by atoms with E-state index >= 15 is 0 Å². The van der Waals surface area contributed by atoms with Crippen LogP contribution in [0.15, 0.2) is 42.5 Å². The van der Waals surface area contributed by atoms with Crippen LogP contribution in [0, 0.1) is 5.82 Å². The van der Waals surface area contributed by atoms with Crippen molar-refractivity contribution >= 4 is 21.6 Å². The Bertz CT molecular complexity index is 964. The lowest BCUT2D eigenvalue weighted by Gasteiger charge is -2.24. The quantitative estimate of drug-likeness (QED) is 0.617. The SMILES string of the molecule is CCOc1ccc(C(=O)N[C@H](C)COC)cc1CN(c1ccc(F)cc1)S(C)(=O)=O. The highest BCUT2D eigenvalue weighted by molar-refractivity contribution is 7.92. The number of benzene rings is 2. The summed E-state index contributed by atoms with van der Waals surface area (Å²) >= 11 is 0. The fraction of sp³-hybridized carbons (Fsp3) is 0.381. The number of nitrogens with zero attached hydrogens (tertiary/aromatic N) is 1. The number of carbonyl (C=O) groups is 1.